The first-order valence-corrected chi connectivity index (χ1v) is 10.0. The minimum Gasteiger partial charge on any atom is -0.335 e. The molecule has 0 unspecified atom stereocenters. The molecule has 0 aliphatic carbocycles. The van der Waals surface area contributed by atoms with Crippen LogP contribution in [0, 0.1) is 0 Å². The van der Waals surface area contributed by atoms with Crippen molar-refractivity contribution in [3.63, 3.8) is 0 Å². The fourth-order valence-electron chi connectivity index (χ4n) is 3.96. The molecule has 2 aromatic carbocycles. The zero-order valence-electron chi connectivity index (χ0n) is 17.2. The van der Waals surface area contributed by atoms with Gasteiger partial charge in [-0.3, -0.25) is 14.4 Å². The number of fused-ring (bicyclic) bond motifs is 1. The molecule has 9 heteroatoms. The van der Waals surface area contributed by atoms with Gasteiger partial charge in [-0.25, -0.2) is 0 Å². The summed E-state index contributed by atoms with van der Waals surface area (Å²) >= 11 is 0. The number of benzene rings is 2. The number of rotatable bonds is 2. The maximum Gasteiger partial charge on any atom is 0.417 e. The zero-order chi connectivity index (χ0) is 23.0. The third kappa shape index (κ3) is 3.86. The fraction of sp³-hybridized carbons (Fsp3) is 0.261. The van der Waals surface area contributed by atoms with E-state index in [4.69, 9.17) is 0 Å². The first-order chi connectivity index (χ1) is 15.2. The van der Waals surface area contributed by atoms with Gasteiger partial charge in [-0.05, 0) is 18.2 Å². The average Bonchev–Trinajstić information content (AvgIpc) is 2.80. The van der Waals surface area contributed by atoms with Crippen LogP contribution >= 0.6 is 0 Å². The number of carbonyl (C=O) groups excluding carboxylic acids is 2. The molecule has 1 saturated heterocycles. The number of pyridine rings is 1. The van der Waals surface area contributed by atoms with E-state index in [0.717, 1.165) is 12.1 Å². The van der Waals surface area contributed by atoms with Crippen molar-refractivity contribution in [3.8, 4) is 0 Å². The Hall–Kier alpha value is -3.62. The SMILES string of the molecule is Cn1c(=O)cc(C(=O)N2CCN(C(=O)c3ccccc3C(F)(F)F)CC2)c2ccccc21. The van der Waals surface area contributed by atoms with Crippen LogP contribution in [0.1, 0.15) is 26.3 Å². The van der Waals surface area contributed by atoms with Crippen LogP contribution in [-0.4, -0.2) is 52.4 Å². The molecule has 3 aromatic rings. The predicted octanol–water partition coefficient (Wildman–Crippen LogP) is 3.16. The number of nitrogens with zero attached hydrogens (tertiary/aromatic N) is 3. The van der Waals surface area contributed by atoms with Gasteiger partial charge >= 0.3 is 6.18 Å². The fourth-order valence-corrected chi connectivity index (χ4v) is 3.96. The van der Waals surface area contributed by atoms with Crippen LogP contribution in [0.2, 0.25) is 0 Å². The van der Waals surface area contributed by atoms with Gasteiger partial charge in [0.1, 0.15) is 0 Å². The molecule has 1 aromatic heterocycles. The first-order valence-electron chi connectivity index (χ1n) is 10.0. The maximum atomic E-state index is 13.3. The number of aryl methyl sites for hydroxylation is 1. The summed E-state index contributed by atoms with van der Waals surface area (Å²) in [6.07, 6.45) is -4.63. The topological polar surface area (TPSA) is 62.6 Å². The molecule has 32 heavy (non-hydrogen) atoms. The molecule has 1 aliphatic rings. The lowest BCUT2D eigenvalue weighted by atomic mass is 10.0. The predicted molar refractivity (Wildman–Crippen MR) is 112 cm³/mol. The molecule has 1 fully saturated rings. The van der Waals surface area contributed by atoms with Gasteiger partial charge in [0.25, 0.3) is 17.4 Å². The van der Waals surface area contributed by atoms with E-state index in [1.165, 1.54) is 32.6 Å². The minimum absolute atomic E-state index is 0.0968. The minimum atomic E-state index is -4.63. The summed E-state index contributed by atoms with van der Waals surface area (Å²) in [6, 6.07) is 13.0. The molecule has 1 aliphatic heterocycles. The highest BCUT2D eigenvalue weighted by Gasteiger charge is 2.36. The lowest BCUT2D eigenvalue weighted by Crippen LogP contribution is -2.51. The second-order valence-electron chi connectivity index (χ2n) is 7.60. The van der Waals surface area contributed by atoms with Gasteiger partial charge in [0, 0.05) is 44.7 Å². The quantitative estimate of drug-likeness (QED) is 0.611. The summed E-state index contributed by atoms with van der Waals surface area (Å²) in [5.41, 5.74) is -0.802. The van der Waals surface area contributed by atoms with E-state index in [1.807, 2.05) is 0 Å². The summed E-state index contributed by atoms with van der Waals surface area (Å²) < 4.78 is 41.3. The van der Waals surface area contributed by atoms with Crippen LogP contribution in [0.5, 0.6) is 0 Å². The Balaban J connectivity index is 1.54. The standard InChI is InChI=1S/C23H20F3N3O3/c1-27-19-9-5-3-6-15(19)17(14-20(27)30)22(32)29-12-10-28(11-13-29)21(31)16-7-2-4-8-18(16)23(24,25)26/h2-9,14H,10-13H2,1H3. The number of halogens is 3. The molecule has 0 bridgehead atoms. The molecule has 0 N–H and O–H groups in total. The number of aromatic nitrogens is 1. The number of piperazine rings is 1. The summed E-state index contributed by atoms with van der Waals surface area (Å²) in [7, 11) is 1.63. The zero-order valence-corrected chi connectivity index (χ0v) is 17.2. The van der Waals surface area contributed by atoms with E-state index in [0.29, 0.717) is 10.9 Å². The van der Waals surface area contributed by atoms with Crippen LogP contribution in [-0.2, 0) is 13.2 Å². The van der Waals surface area contributed by atoms with Gasteiger partial charge in [0.05, 0.1) is 22.2 Å². The lowest BCUT2D eigenvalue weighted by Gasteiger charge is -2.35. The van der Waals surface area contributed by atoms with Gasteiger partial charge in [-0.2, -0.15) is 13.2 Å². The van der Waals surface area contributed by atoms with E-state index >= 15 is 0 Å². The van der Waals surface area contributed by atoms with E-state index < -0.39 is 23.2 Å². The van der Waals surface area contributed by atoms with Gasteiger partial charge in [-0.1, -0.05) is 30.3 Å². The summed E-state index contributed by atoms with van der Waals surface area (Å²) in [5, 5.41) is 0.636. The van der Waals surface area contributed by atoms with Crippen molar-refractivity contribution in [1.82, 2.24) is 14.4 Å². The highest BCUT2D eigenvalue weighted by atomic mass is 19.4. The molecule has 2 amide bonds. The molecule has 0 spiro atoms. The number of hydrogen-bond acceptors (Lipinski definition) is 3. The van der Waals surface area contributed by atoms with Crippen molar-refractivity contribution in [1.29, 1.82) is 0 Å². The van der Waals surface area contributed by atoms with Crippen molar-refractivity contribution in [2.75, 3.05) is 26.2 Å². The number of carbonyl (C=O) groups is 2. The molecule has 166 valence electrons. The van der Waals surface area contributed by atoms with Crippen molar-refractivity contribution in [2.24, 2.45) is 7.05 Å². The molecule has 0 atom stereocenters. The first kappa shape index (κ1) is 21.6. The van der Waals surface area contributed by atoms with E-state index in [2.05, 4.69) is 0 Å². The van der Waals surface area contributed by atoms with Crippen LogP contribution < -0.4 is 5.56 Å². The van der Waals surface area contributed by atoms with Crippen molar-refractivity contribution in [3.05, 3.63) is 81.6 Å². The van der Waals surface area contributed by atoms with Gasteiger partial charge in [-0.15, -0.1) is 0 Å². The largest absolute Gasteiger partial charge is 0.417 e. The lowest BCUT2D eigenvalue weighted by molar-refractivity contribution is -0.138. The smallest absolute Gasteiger partial charge is 0.335 e. The van der Waals surface area contributed by atoms with Crippen molar-refractivity contribution >= 4 is 22.7 Å². The Kier molecular flexibility index (Phi) is 5.50. The van der Waals surface area contributed by atoms with Crippen LogP contribution in [0.15, 0.2) is 59.4 Å². The Morgan fingerprint density at radius 3 is 1.97 bits per heavy atom. The highest BCUT2D eigenvalue weighted by Crippen LogP contribution is 2.32. The normalized spacial score (nSPS) is 14.6. The van der Waals surface area contributed by atoms with Gasteiger partial charge in [0.15, 0.2) is 0 Å². The second kappa shape index (κ2) is 8.14. The Labute approximate surface area is 181 Å². The summed E-state index contributed by atoms with van der Waals surface area (Å²) in [6.45, 7) is 0.504. The van der Waals surface area contributed by atoms with E-state index in [9.17, 15) is 27.6 Å². The monoisotopic (exact) mass is 443 g/mol. The average molecular weight is 443 g/mol. The second-order valence-corrected chi connectivity index (χ2v) is 7.60. The van der Waals surface area contributed by atoms with Crippen LogP contribution in [0.3, 0.4) is 0 Å². The maximum absolute atomic E-state index is 13.3. The van der Waals surface area contributed by atoms with Gasteiger partial charge < -0.3 is 14.4 Å². The number of hydrogen-bond donors (Lipinski definition) is 0. The van der Waals surface area contributed by atoms with Crippen LogP contribution in [0.25, 0.3) is 10.9 Å². The Morgan fingerprint density at radius 2 is 1.34 bits per heavy atom. The Bertz CT molecular complexity index is 1260. The Morgan fingerprint density at radius 1 is 0.812 bits per heavy atom. The molecular weight excluding hydrogens is 423 g/mol. The van der Waals surface area contributed by atoms with E-state index in [-0.39, 0.29) is 43.2 Å². The summed E-state index contributed by atoms with van der Waals surface area (Å²) in [4.78, 5) is 41.0. The number of amides is 2. The third-order valence-electron chi connectivity index (χ3n) is 5.70. The number of alkyl halides is 3. The molecule has 4 rings (SSSR count). The number of para-hydroxylation sites is 1. The van der Waals surface area contributed by atoms with Crippen LogP contribution in [0.4, 0.5) is 13.2 Å². The third-order valence-corrected chi connectivity index (χ3v) is 5.70. The molecule has 6 nitrogen and oxygen atoms in total. The molecular formula is C23H20F3N3O3. The molecule has 2 heterocycles. The van der Waals surface area contributed by atoms with E-state index in [1.54, 1.807) is 31.3 Å². The summed E-state index contributed by atoms with van der Waals surface area (Å²) in [5.74, 6) is -1.06. The van der Waals surface area contributed by atoms with Crippen molar-refractivity contribution in [2.45, 2.75) is 6.18 Å². The van der Waals surface area contributed by atoms with Crippen molar-refractivity contribution < 1.29 is 22.8 Å². The highest BCUT2D eigenvalue weighted by molar-refractivity contribution is 6.06. The molecule has 0 radical (unpaired) electrons. The van der Waals surface area contributed by atoms with Gasteiger partial charge in [0.2, 0.25) is 0 Å². The molecule has 0 saturated carbocycles.